The van der Waals surface area contributed by atoms with E-state index < -0.39 is 0 Å². The molecule has 0 aliphatic carbocycles. The van der Waals surface area contributed by atoms with E-state index in [-0.39, 0.29) is 0 Å². The van der Waals surface area contributed by atoms with Crippen LogP contribution in [-0.4, -0.2) is 29.9 Å². The average molecular weight is 384 g/mol. The average Bonchev–Trinajstić information content (AvgIpc) is 2.82. The first-order valence-electron chi connectivity index (χ1n) is 8.87. The molecule has 4 heterocycles. The molecule has 0 unspecified atom stereocenters. The number of hydrogen-bond acceptors (Lipinski definition) is 6. The maximum atomic E-state index is 4.34. The summed E-state index contributed by atoms with van der Waals surface area (Å²) >= 11 is 0. The lowest BCUT2D eigenvalue weighted by molar-refractivity contribution is 0.976. The summed E-state index contributed by atoms with van der Waals surface area (Å²) in [7, 11) is 0. The first-order valence-corrected chi connectivity index (χ1v) is 8.87. The molecule has 0 radical (unpaired) electrons. The largest absolute Gasteiger partial charge is 0.265 e. The van der Waals surface area contributed by atoms with Crippen LogP contribution in [0.15, 0.2) is 73.6 Å². The molecule has 6 nitrogen and oxygen atoms in total. The van der Waals surface area contributed by atoms with Gasteiger partial charge in [-0.15, -0.1) is 0 Å². The van der Waals surface area contributed by atoms with Gasteiger partial charge in [-0.1, -0.05) is 17.8 Å². The lowest BCUT2D eigenvalue weighted by Crippen LogP contribution is -2.01. The number of rotatable bonds is 0. The van der Waals surface area contributed by atoms with Crippen molar-refractivity contribution in [1.82, 2.24) is 29.9 Å². The van der Waals surface area contributed by atoms with Crippen molar-refractivity contribution >= 4 is 0 Å². The lowest BCUT2D eigenvalue weighted by Gasteiger charge is -1.95. The van der Waals surface area contributed by atoms with Gasteiger partial charge in [-0.2, -0.15) is 15.0 Å². The van der Waals surface area contributed by atoms with E-state index in [0.717, 1.165) is 16.7 Å². The zero-order valence-corrected chi connectivity index (χ0v) is 15.6. The summed E-state index contributed by atoms with van der Waals surface area (Å²) in [4.78, 5) is 25.0. The van der Waals surface area contributed by atoms with Crippen LogP contribution in [0.3, 0.4) is 0 Å². The summed E-state index contributed by atoms with van der Waals surface area (Å²) in [5.74, 6) is 18.7. The van der Waals surface area contributed by atoms with Gasteiger partial charge in [-0.25, -0.2) is 0 Å². The highest BCUT2D eigenvalue weighted by Gasteiger charge is 2.02. The van der Waals surface area contributed by atoms with Gasteiger partial charge in [0, 0.05) is 53.9 Å². The minimum absolute atomic E-state index is 0.292. The molecule has 0 amide bonds. The molecule has 0 aliphatic heterocycles. The minimum Gasteiger partial charge on any atom is -0.265 e. The van der Waals surface area contributed by atoms with Crippen LogP contribution < -0.4 is 0 Å². The van der Waals surface area contributed by atoms with Crippen LogP contribution in [0.1, 0.15) is 34.2 Å². The first-order chi connectivity index (χ1) is 14.8. The Balaban J connectivity index is 1.71. The van der Waals surface area contributed by atoms with Crippen molar-refractivity contribution in [2.45, 2.75) is 0 Å². The fraction of sp³-hybridized carbons (Fsp3) is 0. The summed E-state index contributed by atoms with van der Waals surface area (Å²) in [6.45, 7) is 0. The molecule has 4 rings (SSSR count). The maximum absolute atomic E-state index is 4.34. The molecule has 30 heavy (non-hydrogen) atoms. The molecule has 0 bridgehead atoms. The van der Waals surface area contributed by atoms with Gasteiger partial charge in [0.15, 0.2) is 0 Å². The Bertz CT molecular complexity index is 1150. The van der Waals surface area contributed by atoms with E-state index in [1.54, 1.807) is 37.2 Å². The number of nitrogens with zero attached hydrogens (tertiary/aromatic N) is 6. The van der Waals surface area contributed by atoms with Crippen molar-refractivity contribution in [3.63, 3.8) is 0 Å². The summed E-state index contributed by atoms with van der Waals surface area (Å²) in [5, 5.41) is 0. The van der Waals surface area contributed by atoms with Gasteiger partial charge in [-0.3, -0.25) is 15.0 Å². The van der Waals surface area contributed by atoms with E-state index in [2.05, 4.69) is 65.4 Å². The monoisotopic (exact) mass is 384 g/mol. The Morgan fingerprint density at radius 2 is 0.633 bits per heavy atom. The van der Waals surface area contributed by atoms with E-state index in [1.807, 2.05) is 36.4 Å². The van der Waals surface area contributed by atoms with Crippen molar-refractivity contribution in [2.24, 2.45) is 0 Å². The Morgan fingerprint density at radius 1 is 0.367 bits per heavy atom. The van der Waals surface area contributed by atoms with Crippen LogP contribution in [0.4, 0.5) is 0 Å². The maximum Gasteiger partial charge on any atom is 0.210 e. The third-order valence-corrected chi connectivity index (χ3v) is 3.63. The van der Waals surface area contributed by atoms with Crippen LogP contribution in [0.2, 0.25) is 0 Å². The van der Waals surface area contributed by atoms with Crippen molar-refractivity contribution in [3.05, 3.63) is 108 Å². The van der Waals surface area contributed by atoms with Gasteiger partial charge in [-0.05, 0) is 54.2 Å². The molecular formula is C24H12N6. The molecule has 138 valence electrons. The Morgan fingerprint density at radius 3 is 0.900 bits per heavy atom. The molecule has 0 spiro atoms. The molecule has 0 saturated heterocycles. The Kier molecular flexibility index (Phi) is 5.78. The minimum atomic E-state index is 0.292. The number of aromatic nitrogens is 6. The second kappa shape index (κ2) is 9.37. The van der Waals surface area contributed by atoms with Gasteiger partial charge in [0.1, 0.15) is 0 Å². The topological polar surface area (TPSA) is 77.3 Å². The molecule has 0 aliphatic rings. The van der Waals surface area contributed by atoms with Crippen LogP contribution in [0.25, 0.3) is 0 Å². The summed E-state index contributed by atoms with van der Waals surface area (Å²) < 4.78 is 0. The van der Waals surface area contributed by atoms with Crippen molar-refractivity contribution in [2.75, 3.05) is 0 Å². The Labute approximate surface area is 173 Å². The number of pyridine rings is 3. The molecule has 0 aromatic carbocycles. The zero-order chi connectivity index (χ0) is 20.4. The van der Waals surface area contributed by atoms with Crippen molar-refractivity contribution in [3.8, 4) is 35.5 Å². The third kappa shape index (κ3) is 5.33. The molecule has 4 aromatic heterocycles. The van der Waals surface area contributed by atoms with Gasteiger partial charge >= 0.3 is 0 Å². The molecule has 0 N–H and O–H groups in total. The zero-order valence-electron chi connectivity index (χ0n) is 15.6. The van der Waals surface area contributed by atoms with Gasteiger partial charge in [0.2, 0.25) is 17.5 Å². The summed E-state index contributed by atoms with van der Waals surface area (Å²) in [6, 6.07) is 10.8. The summed E-state index contributed by atoms with van der Waals surface area (Å²) in [5.41, 5.74) is 2.41. The van der Waals surface area contributed by atoms with Crippen LogP contribution >= 0.6 is 0 Å². The quantitative estimate of drug-likeness (QED) is 0.433. The predicted octanol–water partition coefficient (Wildman–Crippen LogP) is 2.26. The SMILES string of the molecule is C(#Cc1nc(C#Cc2ccncc2)nc(C#Cc2ccncc2)n1)c1ccncc1. The first kappa shape index (κ1) is 18.5. The van der Waals surface area contributed by atoms with Crippen LogP contribution in [-0.2, 0) is 0 Å². The smallest absolute Gasteiger partial charge is 0.210 e. The van der Waals surface area contributed by atoms with Crippen molar-refractivity contribution < 1.29 is 0 Å². The van der Waals surface area contributed by atoms with Crippen molar-refractivity contribution in [1.29, 1.82) is 0 Å². The number of hydrogen-bond donors (Lipinski definition) is 0. The molecule has 0 fully saturated rings. The third-order valence-electron chi connectivity index (χ3n) is 3.63. The fourth-order valence-corrected chi connectivity index (χ4v) is 2.23. The molecule has 6 heteroatoms. The predicted molar refractivity (Wildman–Crippen MR) is 110 cm³/mol. The molecule has 0 saturated carbocycles. The second-order valence-electron chi connectivity index (χ2n) is 5.76. The fourth-order valence-electron chi connectivity index (χ4n) is 2.23. The highest BCUT2D eigenvalue weighted by atomic mass is 15.0. The van der Waals surface area contributed by atoms with E-state index in [1.165, 1.54) is 0 Å². The van der Waals surface area contributed by atoms with Gasteiger partial charge in [0.05, 0.1) is 0 Å². The van der Waals surface area contributed by atoms with E-state index >= 15 is 0 Å². The normalized spacial score (nSPS) is 9.20. The van der Waals surface area contributed by atoms with Gasteiger partial charge in [0.25, 0.3) is 0 Å². The van der Waals surface area contributed by atoms with E-state index in [0.29, 0.717) is 17.5 Å². The molecule has 4 aromatic rings. The van der Waals surface area contributed by atoms with E-state index in [9.17, 15) is 0 Å². The highest BCUT2D eigenvalue weighted by Crippen LogP contribution is 1.99. The molecule has 0 atom stereocenters. The lowest BCUT2D eigenvalue weighted by atomic mass is 10.2. The second-order valence-corrected chi connectivity index (χ2v) is 5.76. The van der Waals surface area contributed by atoms with Gasteiger partial charge < -0.3 is 0 Å². The Hall–Kier alpha value is -4.86. The van der Waals surface area contributed by atoms with E-state index in [4.69, 9.17) is 0 Å². The standard InChI is InChI=1S/C24H12N6/c1(19-7-13-25-14-8-19)4-22-28-23(5-2-20-9-15-26-16-10-20)30-24(29-22)6-3-21-11-17-27-18-12-21/h7-18H. The van der Waals surface area contributed by atoms with Crippen LogP contribution in [0, 0.1) is 35.5 Å². The highest BCUT2D eigenvalue weighted by molar-refractivity contribution is 5.42. The summed E-state index contributed by atoms with van der Waals surface area (Å²) in [6.07, 6.45) is 10.1. The van der Waals surface area contributed by atoms with Crippen LogP contribution in [0.5, 0.6) is 0 Å². The molecular weight excluding hydrogens is 372 g/mol.